The summed E-state index contributed by atoms with van der Waals surface area (Å²) in [6.07, 6.45) is 3.28. The number of carboxylic acid groups (broad SMARTS) is 1. The Morgan fingerprint density at radius 1 is 1.13 bits per heavy atom. The van der Waals surface area contributed by atoms with Crippen molar-refractivity contribution in [2.75, 3.05) is 18.4 Å². The van der Waals surface area contributed by atoms with Gasteiger partial charge in [-0.2, -0.15) is 0 Å². The largest absolute Gasteiger partial charge is 0.481 e. The van der Waals surface area contributed by atoms with Crippen molar-refractivity contribution in [1.29, 1.82) is 0 Å². The van der Waals surface area contributed by atoms with E-state index in [0.717, 1.165) is 42.7 Å². The van der Waals surface area contributed by atoms with Crippen LogP contribution in [0.4, 0.5) is 5.69 Å². The number of hydrogen-bond acceptors (Lipinski definition) is 5. The van der Waals surface area contributed by atoms with Crippen LogP contribution in [0.15, 0.2) is 52.3 Å². The van der Waals surface area contributed by atoms with Crippen molar-refractivity contribution in [2.24, 2.45) is 0 Å². The highest BCUT2D eigenvalue weighted by atomic mass is 35.5. The Kier molecular flexibility index (Phi) is 7.17. The molecule has 4 N–H and O–H groups in total. The lowest BCUT2D eigenvalue weighted by atomic mass is 9.85. The van der Waals surface area contributed by atoms with E-state index < -0.39 is 15.8 Å². The Labute approximate surface area is 226 Å². The van der Waals surface area contributed by atoms with Gasteiger partial charge in [0, 0.05) is 34.1 Å². The quantitative estimate of drug-likeness (QED) is 0.312. The third-order valence-corrected chi connectivity index (χ3v) is 9.40. The van der Waals surface area contributed by atoms with Gasteiger partial charge in [0.25, 0.3) is 5.91 Å². The highest BCUT2D eigenvalue weighted by Gasteiger charge is 2.32. The molecule has 1 saturated heterocycles. The van der Waals surface area contributed by atoms with Crippen molar-refractivity contribution in [1.82, 2.24) is 10.3 Å². The molecule has 8 nitrogen and oxygen atoms in total. The molecule has 10 heteroatoms. The van der Waals surface area contributed by atoms with E-state index in [0.29, 0.717) is 33.5 Å². The number of aromatic amines is 1. The molecule has 0 spiro atoms. The molecule has 2 aliphatic rings. The van der Waals surface area contributed by atoms with Gasteiger partial charge in [-0.05, 0) is 92.7 Å². The standard InChI is InChI=1S/C28H28ClN3O5S/c1-16-27(38(36,37)19-7-5-18(29)6-8-19)21(9-10-25(33)34)24(31-16)15-22-26-20(17-11-13-30-14-12-17)3-2-4-23(26)32-28(22)35/h2-8,15,17,30-31H,9-14H2,1H3,(H,32,35)(H,33,34). The number of anilines is 1. The second-order valence-electron chi connectivity index (χ2n) is 9.63. The molecule has 1 fully saturated rings. The number of aryl methyl sites for hydroxylation is 1. The minimum atomic E-state index is -4.00. The van der Waals surface area contributed by atoms with Gasteiger partial charge in [0.1, 0.15) is 0 Å². The number of aromatic nitrogens is 1. The lowest BCUT2D eigenvalue weighted by molar-refractivity contribution is -0.137. The first-order chi connectivity index (χ1) is 18.2. The zero-order chi connectivity index (χ0) is 27.0. The number of amides is 1. The molecule has 2 aliphatic heterocycles. The van der Waals surface area contributed by atoms with E-state index in [9.17, 15) is 23.1 Å². The molecular formula is C28H28ClN3O5S. The van der Waals surface area contributed by atoms with Crippen LogP contribution < -0.4 is 10.6 Å². The minimum Gasteiger partial charge on any atom is -0.481 e. The topological polar surface area (TPSA) is 128 Å². The van der Waals surface area contributed by atoms with Crippen LogP contribution in [0.25, 0.3) is 11.6 Å². The zero-order valence-electron chi connectivity index (χ0n) is 20.8. The smallest absolute Gasteiger partial charge is 0.303 e. The third-order valence-electron chi connectivity index (χ3n) is 7.17. The highest BCUT2D eigenvalue weighted by Crippen LogP contribution is 2.42. The summed E-state index contributed by atoms with van der Waals surface area (Å²) in [7, 11) is -4.00. The number of carboxylic acids is 1. The lowest BCUT2D eigenvalue weighted by Crippen LogP contribution is -2.27. The summed E-state index contributed by atoms with van der Waals surface area (Å²) in [6, 6.07) is 11.7. The zero-order valence-corrected chi connectivity index (χ0v) is 22.4. The van der Waals surface area contributed by atoms with Gasteiger partial charge in [-0.25, -0.2) is 8.42 Å². The second kappa shape index (κ2) is 10.4. The third kappa shape index (κ3) is 4.89. The molecular weight excluding hydrogens is 526 g/mol. The number of H-pyrrole nitrogens is 1. The number of fused-ring (bicyclic) bond motifs is 1. The van der Waals surface area contributed by atoms with Crippen molar-refractivity contribution < 1.29 is 23.1 Å². The summed E-state index contributed by atoms with van der Waals surface area (Å²) in [5, 5.41) is 16.1. The molecule has 5 rings (SSSR count). The number of carbonyl (C=O) groups excluding carboxylic acids is 1. The number of benzene rings is 2. The second-order valence-corrected chi connectivity index (χ2v) is 12.0. The van der Waals surface area contributed by atoms with Crippen molar-refractivity contribution in [2.45, 2.75) is 48.3 Å². The number of aliphatic carboxylic acids is 1. The van der Waals surface area contributed by atoms with E-state index in [1.54, 1.807) is 13.0 Å². The Morgan fingerprint density at radius 2 is 1.84 bits per heavy atom. The van der Waals surface area contributed by atoms with Gasteiger partial charge < -0.3 is 20.7 Å². The van der Waals surface area contributed by atoms with Gasteiger partial charge in [0.15, 0.2) is 0 Å². The molecule has 0 atom stereocenters. The highest BCUT2D eigenvalue weighted by molar-refractivity contribution is 7.91. The molecule has 1 amide bonds. The number of sulfone groups is 1. The predicted molar refractivity (Wildman–Crippen MR) is 146 cm³/mol. The molecule has 0 unspecified atom stereocenters. The first-order valence-corrected chi connectivity index (χ1v) is 14.3. The summed E-state index contributed by atoms with van der Waals surface area (Å²) in [6.45, 7) is 3.43. The van der Waals surface area contributed by atoms with Gasteiger partial charge in [-0.1, -0.05) is 23.7 Å². The molecule has 2 aromatic carbocycles. The number of rotatable bonds is 7. The maximum atomic E-state index is 13.7. The van der Waals surface area contributed by atoms with Crippen molar-refractivity contribution in [3.8, 4) is 0 Å². The van der Waals surface area contributed by atoms with Gasteiger partial charge in [-0.3, -0.25) is 9.59 Å². The molecule has 1 aromatic heterocycles. The van der Waals surface area contributed by atoms with E-state index in [-0.39, 0.29) is 28.5 Å². The molecule has 0 radical (unpaired) electrons. The number of hydrogen-bond donors (Lipinski definition) is 4. The molecule has 38 heavy (non-hydrogen) atoms. The Balaban J connectivity index is 1.66. The molecule has 0 saturated carbocycles. The van der Waals surface area contributed by atoms with Crippen molar-refractivity contribution >= 4 is 50.7 Å². The number of halogens is 1. The average Bonchev–Trinajstić information content (AvgIpc) is 3.39. The SMILES string of the molecule is Cc1[nH]c(C=C2C(=O)Nc3cccc(C4CCNCC4)c32)c(CCC(=O)O)c1S(=O)(=O)c1ccc(Cl)cc1. The fraction of sp³-hybridized carbons (Fsp3) is 0.286. The van der Waals surface area contributed by atoms with Gasteiger partial charge in [0.05, 0.1) is 15.4 Å². The predicted octanol–water partition coefficient (Wildman–Crippen LogP) is 4.79. The summed E-state index contributed by atoms with van der Waals surface area (Å²) >= 11 is 5.96. The van der Waals surface area contributed by atoms with Gasteiger partial charge in [0.2, 0.25) is 9.84 Å². The van der Waals surface area contributed by atoms with E-state index >= 15 is 0 Å². The van der Waals surface area contributed by atoms with Crippen LogP contribution in [0.2, 0.25) is 5.02 Å². The van der Waals surface area contributed by atoms with Crippen LogP contribution >= 0.6 is 11.6 Å². The maximum absolute atomic E-state index is 13.7. The van der Waals surface area contributed by atoms with Crippen LogP contribution in [0.5, 0.6) is 0 Å². The van der Waals surface area contributed by atoms with Crippen LogP contribution in [-0.4, -0.2) is 43.5 Å². The van der Waals surface area contributed by atoms with Crippen molar-refractivity contribution in [3.05, 3.63) is 75.6 Å². The summed E-state index contributed by atoms with van der Waals surface area (Å²) in [5.74, 6) is -1.03. The fourth-order valence-electron chi connectivity index (χ4n) is 5.41. The van der Waals surface area contributed by atoms with Gasteiger partial charge in [-0.15, -0.1) is 0 Å². The van der Waals surface area contributed by atoms with E-state index in [4.69, 9.17) is 11.6 Å². The molecule has 0 aliphatic carbocycles. The lowest BCUT2D eigenvalue weighted by Gasteiger charge is -2.25. The maximum Gasteiger partial charge on any atom is 0.303 e. The van der Waals surface area contributed by atoms with Crippen LogP contribution in [0, 0.1) is 6.92 Å². The van der Waals surface area contributed by atoms with Crippen molar-refractivity contribution in [3.63, 3.8) is 0 Å². The Bertz CT molecular complexity index is 1550. The molecule has 3 aromatic rings. The van der Waals surface area contributed by atoms with E-state index in [2.05, 4.69) is 15.6 Å². The Morgan fingerprint density at radius 3 is 2.53 bits per heavy atom. The average molecular weight is 554 g/mol. The summed E-state index contributed by atoms with van der Waals surface area (Å²) in [4.78, 5) is 27.9. The Hall–Kier alpha value is -3.40. The minimum absolute atomic E-state index is 0.0225. The molecule has 198 valence electrons. The van der Waals surface area contributed by atoms with Crippen LogP contribution in [0.3, 0.4) is 0 Å². The normalized spacial score (nSPS) is 17.0. The molecule has 3 heterocycles. The van der Waals surface area contributed by atoms with E-state index in [1.807, 2.05) is 18.2 Å². The first kappa shape index (κ1) is 26.2. The summed E-state index contributed by atoms with van der Waals surface area (Å²) < 4.78 is 27.4. The summed E-state index contributed by atoms with van der Waals surface area (Å²) in [5.41, 5.74) is 4.18. The number of piperidine rings is 1. The van der Waals surface area contributed by atoms with Crippen LogP contribution in [0.1, 0.15) is 53.3 Å². The number of nitrogens with one attached hydrogen (secondary N) is 3. The molecule has 0 bridgehead atoms. The first-order valence-electron chi connectivity index (χ1n) is 12.5. The monoisotopic (exact) mass is 553 g/mol. The van der Waals surface area contributed by atoms with E-state index in [1.165, 1.54) is 24.3 Å². The number of carbonyl (C=O) groups is 2. The van der Waals surface area contributed by atoms with Crippen LogP contribution in [-0.2, 0) is 25.8 Å². The van der Waals surface area contributed by atoms with Gasteiger partial charge >= 0.3 is 5.97 Å². The fourth-order valence-corrected chi connectivity index (χ4v) is 7.26.